The summed E-state index contributed by atoms with van der Waals surface area (Å²) >= 11 is 0. The van der Waals surface area contributed by atoms with Crippen molar-refractivity contribution in [2.45, 2.75) is 79.1 Å². The molecule has 0 saturated carbocycles. The van der Waals surface area contributed by atoms with Crippen molar-refractivity contribution in [1.29, 1.82) is 5.41 Å². The molecule has 2 aromatic rings. The van der Waals surface area contributed by atoms with Gasteiger partial charge in [-0.25, -0.2) is 4.99 Å². The second-order valence-electron chi connectivity index (χ2n) is 9.34. The normalized spacial score (nSPS) is 14.8. The van der Waals surface area contributed by atoms with E-state index in [2.05, 4.69) is 38.8 Å². The summed E-state index contributed by atoms with van der Waals surface area (Å²) in [6.45, 7) is 10.3. The molecule has 0 bridgehead atoms. The van der Waals surface area contributed by atoms with Crippen molar-refractivity contribution in [3.05, 3.63) is 35.4 Å². The highest BCUT2D eigenvalue weighted by molar-refractivity contribution is 6.22. The van der Waals surface area contributed by atoms with Crippen LogP contribution in [0.2, 0.25) is 0 Å². The number of nitrogens with one attached hydrogen (secondary N) is 1. The van der Waals surface area contributed by atoms with Gasteiger partial charge in [-0.15, -0.1) is 0 Å². The Hall–Kier alpha value is -2.56. The molecule has 5 heteroatoms. The second kappa shape index (κ2) is 12.1. The van der Waals surface area contributed by atoms with E-state index in [4.69, 9.17) is 20.6 Å². The third-order valence-corrected chi connectivity index (χ3v) is 6.84. The van der Waals surface area contributed by atoms with Gasteiger partial charge in [0.2, 0.25) is 0 Å². The van der Waals surface area contributed by atoms with Crippen LogP contribution < -0.4 is 15.2 Å². The number of rotatable bonds is 14. The number of benzene rings is 2. The fraction of sp³-hybridized carbons (Fsp3) is 0.571. The molecule has 180 valence electrons. The van der Waals surface area contributed by atoms with Crippen LogP contribution in [-0.4, -0.2) is 24.9 Å². The molecule has 1 heterocycles. The Morgan fingerprint density at radius 2 is 1.48 bits per heavy atom. The van der Waals surface area contributed by atoms with E-state index in [0.29, 0.717) is 30.9 Å². The summed E-state index contributed by atoms with van der Waals surface area (Å²) in [5, 5.41) is 10.2. The predicted molar refractivity (Wildman–Crippen MR) is 139 cm³/mol. The van der Waals surface area contributed by atoms with Crippen LogP contribution in [0.25, 0.3) is 10.8 Å². The molecule has 0 spiro atoms. The highest BCUT2D eigenvalue weighted by Crippen LogP contribution is 2.36. The van der Waals surface area contributed by atoms with Crippen LogP contribution in [0.4, 0.5) is 0 Å². The molecule has 1 aliphatic rings. The lowest BCUT2D eigenvalue weighted by atomic mass is 9.99. The lowest BCUT2D eigenvalue weighted by molar-refractivity contribution is 0.224. The molecule has 0 aliphatic carbocycles. The van der Waals surface area contributed by atoms with Gasteiger partial charge in [0.15, 0.2) is 5.84 Å². The largest absolute Gasteiger partial charge is 0.493 e. The number of hydrogen-bond donors (Lipinski definition) is 2. The number of hydrogen-bond acceptors (Lipinski definition) is 4. The van der Waals surface area contributed by atoms with Gasteiger partial charge >= 0.3 is 0 Å². The van der Waals surface area contributed by atoms with E-state index in [0.717, 1.165) is 46.2 Å². The summed E-state index contributed by atoms with van der Waals surface area (Å²) in [4.78, 5) is 4.16. The van der Waals surface area contributed by atoms with Crippen LogP contribution in [0, 0.1) is 17.2 Å². The molecule has 5 nitrogen and oxygen atoms in total. The van der Waals surface area contributed by atoms with Gasteiger partial charge in [-0.1, -0.05) is 66.2 Å². The summed E-state index contributed by atoms with van der Waals surface area (Å²) in [5.41, 5.74) is 7.67. The first kappa shape index (κ1) is 25.1. The molecule has 0 radical (unpaired) electrons. The van der Waals surface area contributed by atoms with Crippen LogP contribution in [0.1, 0.15) is 90.2 Å². The van der Waals surface area contributed by atoms with Crippen molar-refractivity contribution in [1.82, 2.24) is 0 Å². The zero-order valence-corrected chi connectivity index (χ0v) is 20.9. The molecule has 0 amide bonds. The Morgan fingerprint density at radius 3 is 2.09 bits per heavy atom. The van der Waals surface area contributed by atoms with Crippen LogP contribution in [0.15, 0.2) is 29.3 Å². The van der Waals surface area contributed by atoms with Crippen molar-refractivity contribution in [3.8, 4) is 11.5 Å². The minimum absolute atomic E-state index is 0.217. The molecule has 2 atom stereocenters. The number of ether oxygens (including phenoxy) is 2. The number of nitrogens with two attached hydrogens (primary N) is 1. The van der Waals surface area contributed by atoms with Crippen LogP contribution in [-0.2, 0) is 0 Å². The van der Waals surface area contributed by atoms with Crippen molar-refractivity contribution >= 4 is 22.4 Å². The van der Waals surface area contributed by atoms with E-state index < -0.39 is 0 Å². The quantitative estimate of drug-likeness (QED) is 0.322. The van der Waals surface area contributed by atoms with Gasteiger partial charge in [-0.05, 0) is 48.3 Å². The smallest absolute Gasteiger partial charge is 0.154 e. The van der Waals surface area contributed by atoms with Crippen molar-refractivity contribution in [2.75, 3.05) is 13.2 Å². The second-order valence-corrected chi connectivity index (χ2v) is 9.34. The third kappa shape index (κ3) is 6.27. The summed E-state index contributed by atoms with van der Waals surface area (Å²) in [7, 11) is 0. The SMILES string of the molecule is CCCCC(CC)COc1cc(OCC(CC)CCCC)c2cc3c(cc2c1)C(=N)N=C3N. The zero-order valence-electron chi connectivity index (χ0n) is 20.9. The molecule has 1 aliphatic heterocycles. The molecule has 0 saturated heterocycles. The summed E-state index contributed by atoms with van der Waals surface area (Å²) < 4.78 is 12.7. The first-order valence-corrected chi connectivity index (χ1v) is 12.8. The highest BCUT2D eigenvalue weighted by atomic mass is 16.5. The summed E-state index contributed by atoms with van der Waals surface area (Å²) in [6.07, 6.45) is 9.48. The number of nitrogens with zero attached hydrogens (tertiary/aromatic N) is 1. The highest BCUT2D eigenvalue weighted by Gasteiger charge is 2.21. The number of amidine groups is 2. The van der Waals surface area contributed by atoms with Gasteiger partial charge in [-0.2, -0.15) is 0 Å². The Morgan fingerprint density at radius 1 is 0.848 bits per heavy atom. The Labute approximate surface area is 199 Å². The molecule has 3 N–H and O–H groups in total. The maximum Gasteiger partial charge on any atom is 0.154 e. The molecular weight excluding hydrogens is 410 g/mol. The lowest BCUT2D eigenvalue weighted by Crippen LogP contribution is -2.13. The topological polar surface area (TPSA) is 80.7 Å². The van der Waals surface area contributed by atoms with Crippen molar-refractivity contribution < 1.29 is 9.47 Å². The van der Waals surface area contributed by atoms with Crippen molar-refractivity contribution in [2.24, 2.45) is 22.6 Å². The molecule has 0 fully saturated rings. The van der Waals surface area contributed by atoms with Gasteiger partial charge in [-0.3, -0.25) is 5.41 Å². The van der Waals surface area contributed by atoms with E-state index in [1.54, 1.807) is 0 Å². The van der Waals surface area contributed by atoms with Gasteiger partial charge in [0.1, 0.15) is 17.3 Å². The fourth-order valence-electron chi connectivity index (χ4n) is 4.42. The minimum atomic E-state index is 0.217. The Bertz CT molecular complexity index is 983. The lowest BCUT2D eigenvalue weighted by Gasteiger charge is -2.19. The standard InChI is InChI=1S/C28H41N3O2/c1-5-9-11-19(7-3)17-32-22-13-21-14-24-25(28(30)31-27(24)29)16-23(21)26(15-22)33-18-20(8-4)12-10-6-2/h13-16,19-20H,5-12,17-18H2,1-4H3,(H3,29,30,31). The number of aliphatic imine (C=N–C) groups is 1. The average Bonchev–Trinajstić information content (AvgIpc) is 3.10. The maximum absolute atomic E-state index is 8.17. The monoisotopic (exact) mass is 451 g/mol. The molecular formula is C28H41N3O2. The van der Waals surface area contributed by atoms with E-state index in [1.807, 2.05) is 18.2 Å². The summed E-state index contributed by atoms with van der Waals surface area (Å²) in [6, 6.07) is 8.11. The summed E-state index contributed by atoms with van der Waals surface area (Å²) in [5.74, 6) is 3.37. The molecule has 2 unspecified atom stereocenters. The van der Waals surface area contributed by atoms with Gasteiger partial charge in [0.25, 0.3) is 0 Å². The minimum Gasteiger partial charge on any atom is -0.493 e. The maximum atomic E-state index is 8.17. The zero-order chi connectivity index (χ0) is 23.8. The van der Waals surface area contributed by atoms with E-state index in [-0.39, 0.29) is 5.84 Å². The van der Waals surface area contributed by atoms with Gasteiger partial charge in [0.05, 0.1) is 13.2 Å². The first-order chi connectivity index (χ1) is 16.0. The van der Waals surface area contributed by atoms with Crippen LogP contribution in [0.3, 0.4) is 0 Å². The molecule has 33 heavy (non-hydrogen) atoms. The predicted octanol–water partition coefficient (Wildman–Crippen LogP) is 7.07. The van der Waals surface area contributed by atoms with Crippen LogP contribution in [0.5, 0.6) is 11.5 Å². The number of unbranched alkanes of at least 4 members (excludes halogenated alkanes) is 2. The molecule has 0 aromatic heterocycles. The van der Waals surface area contributed by atoms with Gasteiger partial charge in [0, 0.05) is 22.6 Å². The molecule has 3 rings (SSSR count). The average molecular weight is 452 g/mol. The van der Waals surface area contributed by atoms with Crippen LogP contribution >= 0.6 is 0 Å². The van der Waals surface area contributed by atoms with Crippen molar-refractivity contribution in [3.63, 3.8) is 0 Å². The first-order valence-electron chi connectivity index (χ1n) is 12.8. The Balaban J connectivity index is 1.90. The van der Waals surface area contributed by atoms with E-state index >= 15 is 0 Å². The molecule has 2 aromatic carbocycles. The van der Waals surface area contributed by atoms with E-state index in [9.17, 15) is 0 Å². The van der Waals surface area contributed by atoms with Gasteiger partial charge < -0.3 is 15.2 Å². The van der Waals surface area contributed by atoms with E-state index in [1.165, 1.54) is 38.5 Å². The fourth-order valence-corrected chi connectivity index (χ4v) is 4.42. The number of fused-ring (bicyclic) bond motifs is 2. The third-order valence-electron chi connectivity index (χ3n) is 6.84. The Kier molecular flexibility index (Phi) is 9.16.